The maximum atomic E-state index is 12.7. The topological polar surface area (TPSA) is 35.6 Å². The van der Waals surface area contributed by atoms with E-state index in [1.165, 1.54) is 30.4 Å². The highest BCUT2D eigenvalue weighted by atomic mass is 16.2. The van der Waals surface area contributed by atoms with E-state index < -0.39 is 0 Å². The minimum absolute atomic E-state index is 0.137. The zero-order valence-electron chi connectivity index (χ0n) is 14.9. The number of hydrogen-bond donors (Lipinski definition) is 1. The quantitative estimate of drug-likeness (QED) is 0.926. The van der Waals surface area contributed by atoms with Crippen molar-refractivity contribution in [2.75, 3.05) is 33.7 Å². The van der Waals surface area contributed by atoms with Gasteiger partial charge in [-0.05, 0) is 74.7 Å². The van der Waals surface area contributed by atoms with Gasteiger partial charge in [-0.15, -0.1) is 0 Å². The molecule has 1 aromatic rings. The van der Waals surface area contributed by atoms with Crippen molar-refractivity contribution >= 4 is 6.03 Å². The summed E-state index contributed by atoms with van der Waals surface area (Å²) >= 11 is 0. The van der Waals surface area contributed by atoms with Crippen molar-refractivity contribution in [2.45, 2.75) is 44.1 Å². The first-order valence-electron chi connectivity index (χ1n) is 9.43. The Balaban J connectivity index is 1.42. The van der Waals surface area contributed by atoms with Crippen LogP contribution in [0.15, 0.2) is 18.2 Å². The third kappa shape index (κ3) is 2.92. The lowest BCUT2D eigenvalue weighted by atomic mass is 9.84. The summed E-state index contributed by atoms with van der Waals surface area (Å²) in [5.41, 5.74) is 4.46. The molecule has 1 heterocycles. The zero-order chi connectivity index (χ0) is 16.7. The van der Waals surface area contributed by atoms with E-state index in [9.17, 15) is 4.79 Å². The van der Waals surface area contributed by atoms with Gasteiger partial charge in [-0.25, -0.2) is 4.79 Å². The van der Waals surface area contributed by atoms with Crippen LogP contribution in [0.5, 0.6) is 0 Å². The van der Waals surface area contributed by atoms with Gasteiger partial charge in [0.2, 0.25) is 0 Å². The molecule has 1 aromatic carbocycles. The van der Waals surface area contributed by atoms with Crippen molar-refractivity contribution in [1.29, 1.82) is 0 Å². The Morgan fingerprint density at radius 3 is 3.04 bits per heavy atom. The lowest BCUT2D eigenvalue weighted by Gasteiger charge is -2.22. The summed E-state index contributed by atoms with van der Waals surface area (Å²) in [6.45, 7) is 2.86. The second-order valence-corrected chi connectivity index (χ2v) is 8.11. The second kappa shape index (κ2) is 6.40. The number of carbonyl (C=O) groups excluding carboxylic acids is 1. The Hall–Kier alpha value is -1.55. The molecular weight excluding hydrogens is 298 g/mol. The summed E-state index contributed by atoms with van der Waals surface area (Å²) in [4.78, 5) is 17.0. The maximum Gasteiger partial charge on any atom is 0.317 e. The van der Waals surface area contributed by atoms with Gasteiger partial charge >= 0.3 is 6.03 Å². The van der Waals surface area contributed by atoms with Gasteiger partial charge in [0.05, 0.1) is 6.04 Å². The first-order valence-corrected chi connectivity index (χ1v) is 9.43. The number of likely N-dealkylation sites (tertiary alicyclic amines) is 1. The predicted octanol–water partition coefficient (Wildman–Crippen LogP) is 3.14. The Morgan fingerprint density at radius 1 is 1.33 bits per heavy atom. The minimum Gasteiger partial charge on any atom is -0.331 e. The summed E-state index contributed by atoms with van der Waals surface area (Å²) in [6, 6.07) is 7.03. The van der Waals surface area contributed by atoms with Crippen LogP contribution in [-0.4, -0.2) is 49.6 Å². The van der Waals surface area contributed by atoms with Crippen LogP contribution < -0.4 is 5.32 Å². The molecule has 0 saturated carbocycles. The van der Waals surface area contributed by atoms with Gasteiger partial charge in [0.25, 0.3) is 0 Å². The van der Waals surface area contributed by atoms with Crippen LogP contribution in [0.4, 0.5) is 4.79 Å². The van der Waals surface area contributed by atoms with E-state index in [1.54, 1.807) is 5.56 Å². The van der Waals surface area contributed by atoms with Crippen molar-refractivity contribution in [3.63, 3.8) is 0 Å². The molecule has 24 heavy (non-hydrogen) atoms. The molecule has 1 aliphatic heterocycles. The third-order valence-electron chi connectivity index (χ3n) is 6.03. The summed E-state index contributed by atoms with van der Waals surface area (Å²) in [7, 11) is 4.22. The summed E-state index contributed by atoms with van der Waals surface area (Å²) < 4.78 is 0. The van der Waals surface area contributed by atoms with Crippen molar-refractivity contribution in [3.05, 3.63) is 34.9 Å². The van der Waals surface area contributed by atoms with E-state index in [1.807, 2.05) is 4.90 Å². The fourth-order valence-electron chi connectivity index (χ4n) is 5.04. The number of rotatable bonds is 3. The molecule has 0 spiro atoms. The molecular formula is C20H29N3O. The van der Waals surface area contributed by atoms with Crippen LogP contribution in [0, 0.1) is 5.92 Å². The molecule has 0 bridgehead atoms. The van der Waals surface area contributed by atoms with Crippen LogP contribution in [0.25, 0.3) is 0 Å². The lowest BCUT2D eigenvalue weighted by Crippen LogP contribution is -2.40. The number of aryl methyl sites for hydroxylation is 1. The van der Waals surface area contributed by atoms with Crippen LogP contribution in [0.3, 0.4) is 0 Å². The van der Waals surface area contributed by atoms with Crippen molar-refractivity contribution < 1.29 is 4.79 Å². The van der Waals surface area contributed by atoms with E-state index in [0.717, 1.165) is 32.5 Å². The number of urea groups is 1. The van der Waals surface area contributed by atoms with E-state index in [4.69, 9.17) is 0 Å². The number of nitrogens with one attached hydrogen (secondary N) is 1. The molecule has 1 N–H and O–H groups in total. The monoisotopic (exact) mass is 327 g/mol. The second-order valence-electron chi connectivity index (χ2n) is 8.11. The zero-order valence-corrected chi connectivity index (χ0v) is 14.9. The average molecular weight is 327 g/mol. The van der Waals surface area contributed by atoms with Gasteiger partial charge in [0.15, 0.2) is 0 Å². The SMILES string of the molecule is CN(C)C[C@@H]1CCN(C(=O)N[C@H]2C[C@@H]3CCCc4cccc2c43)C1. The van der Waals surface area contributed by atoms with Crippen LogP contribution in [-0.2, 0) is 6.42 Å². The number of nitrogens with zero attached hydrogens (tertiary/aromatic N) is 2. The minimum atomic E-state index is 0.137. The molecule has 1 saturated heterocycles. The van der Waals surface area contributed by atoms with Crippen LogP contribution in [0.2, 0.25) is 0 Å². The van der Waals surface area contributed by atoms with E-state index in [0.29, 0.717) is 11.8 Å². The fourth-order valence-corrected chi connectivity index (χ4v) is 5.04. The van der Waals surface area contributed by atoms with Crippen molar-refractivity contribution in [2.24, 2.45) is 5.92 Å². The molecule has 2 amide bonds. The maximum absolute atomic E-state index is 12.7. The molecule has 1 fully saturated rings. The molecule has 3 aliphatic rings. The Morgan fingerprint density at radius 2 is 2.21 bits per heavy atom. The fraction of sp³-hybridized carbons (Fsp3) is 0.650. The van der Waals surface area contributed by atoms with Crippen molar-refractivity contribution in [1.82, 2.24) is 15.1 Å². The van der Waals surface area contributed by atoms with Crippen LogP contribution in [0.1, 0.15) is 54.3 Å². The van der Waals surface area contributed by atoms with Gasteiger partial charge in [-0.3, -0.25) is 0 Å². The molecule has 2 aliphatic carbocycles. The van der Waals surface area contributed by atoms with Gasteiger partial charge in [-0.1, -0.05) is 18.2 Å². The number of hydrogen-bond acceptors (Lipinski definition) is 2. The van der Waals surface area contributed by atoms with Gasteiger partial charge in [-0.2, -0.15) is 0 Å². The van der Waals surface area contributed by atoms with E-state index in [2.05, 4.69) is 42.5 Å². The van der Waals surface area contributed by atoms with Gasteiger partial charge in [0.1, 0.15) is 0 Å². The lowest BCUT2D eigenvalue weighted by molar-refractivity contribution is 0.200. The standard InChI is InChI=1S/C20H29N3O/c1-22(2)12-14-9-10-23(13-14)20(24)21-18-11-16-7-3-5-15-6-4-8-17(18)19(15)16/h4,6,8,14,16,18H,3,5,7,9-13H2,1-2H3,(H,21,24)/t14-,16-,18-/m0/s1. The number of benzene rings is 1. The highest BCUT2D eigenvalue weighted by molar-refractivity contribution is 5.75. The predicted molar refractivity (Wildman–Crippen MR) is 96.2 cm³/mol. The smallest absolute Gasteiger partial charge is 0.317 e. The summed E-state index contributed by atoms with van der Waals surface area (Å²) in [5.74, 6) is 1.28. The number of amides is 2. The Kier molecular flexibility index (Phi) is 4.25. The van der Waals surface area contributed by atoms with Crippen molar-refractivity contribution in [3.8, 4) is 0 Å². The summed E-state index contributed by atoms with van der Waals surface area (Å²) in [6.07, 6.45) is 6.00. The average Bonchev–Trinajstić information content (AvgIpc) is 3.14. The molecule has 4 rings (SSSR count). The van der Waals surface area contributed by atoms with Gasteiger partial charge in [0, 0.05) is 19.6 Å². The molecule has 0 unspecified atom stereocenters. The first-order chi connectivity index (χ1) is 11.6. The molecule has 3 atom stereocenters. The highest BCUT2D eigenvalue weighted by Gasteiger charge is 2.36. The van der Waals surface area contributed by atoms with Gasteiger partial charge < -0.3 is 15.1 Å². The molecule has 130 valence electrons. The van der Waals surface area contributed by atoms with Crippen LogP contribution >= 0.6 is 0 Å². The molecule has 0 radical (unpaired) electrons. The normalized spacial score (nSPS) is 28.3. The summed E-state index contributed by atoms with van der Waals surface area (Å²) in [5, 5.41) is 3.34. The first kappa shape index (κ1) is 15.9. The Labute approximate surface area is 145 Å². The largest absolute Gasteiger partial charge is 0.331 e. The molecule has 0 aromatic heterocycles. The van der Waals surface area contributed by atoms with E-state index >= 15 is 0 Å². The highest BCUT2D eigenvalue weighted by Crippen LogP contribution is 2.47. The molecule has 4 nitrogen and oxygen atoms in total. The Bertz CT molecular complexity index is 627. The molecule has 4 heteroatoms. The number of carbonyl (C=O) groups is 1. The van der Waals surface area contributed by atoms with E-state index in [-0.39, 0.29) is 12.1 Å². The third-order valence-corrected chi connectivity index (χ3v) is 6.03.